The highest BCUT2D eigenvalue weighted by Crippen LogP contribution is 2.40. The van der Waals surface area contributed by atoms with Gasteiger partial charge in [-0.25, -0.2) is 0 Å². The van der Waals surface area contributed by atoms with Crippen LogP contribution in [-0.2, 0) is 6.54 Å². The number of amides is 1. The Morgan fingerprint density at radius 2 is 1.78 bits per heavy atom. The second kappa shape index (κ2) is 7.14. The molecule has 2 aliphatic rings. The summed E-state index contributed by atoms with van der Waals surface area (Å²) in [4.78, 5) is 28.6. The highest BCUT2D eigenvalue weighted by molar-refractivity contribution is 6.30. The third kappa shape index (κ3) is 2.87. The van der Waals surface area contributed by atoms with Crippen LogP contribution >= 0.6 is 11.6 Å². The highest BCUT2D eigenvalue weighted by atomic mass is 35.5. The van der Waals surface area contributed by atoms with E-state index in [-0.39, 0.29) is 30.4 Å². The van der Waals surface area contributed by atoms with Crippen molar-refractivity contribution in [1.82, 2.24) is 4.90 Å². The fourth-order valence-corrected chi connectivity index (χ4v) is 4.59. The Bertz CT molecular complexity index is 1460. The van der Waals surface area contributed by atoms with Crippen molar-refractivity contribution in [2.24, 2.45) is 0 Å². The lowest BCUT2D eigenvalue weighted by Crippen LogP contribution is -2.29. The molecule has 0 aliphatic carbocycles. The molecule has 2 aliphatic heterocycles. The van der Waals surface area contributed by atoms with E-state index < -0.39 is 6.04 Å². The molecule has 3 aromatic carbocycles. The van der Waals surface area contributed by atoms with Gasteiger partial charge in [0.2, 0.25) is 12.6 Å². The SMILES string of the molecule is O=C1c2oc3ccccc3c(=O)c2C(c2cccc(Cl)c2)N1Cc1ccc2c(c1)OCO2. The van der Waals surface area contributed by atoms with E-state index in [0.29, 0.717) is 33.1 Å². The zero-order chi connectivity index (χ0) is 21.8. The van der Waals surface area contributed by atoms with E-state index in [1.54, 1.807) is 41.3 Å². The summed E-state index contributed by atoms with van der Waals surface area (Å²) in [5, 5.41) is 0.965. The summed E-state index contributed by atoms with van der Waals surface area (Å²) in [5.41, 5.74) is 2.09. The first kappa shape index (κ1) is 19.0. The van der Waals surface area contributed by atoms with Crippen LogP contribution in [0.1, 0.15) is 33.3 Å². The van der Waals surface area contributed by atoms with Crippen LogP contribution < -0.4 is 14.9 Å². The molecule has 3 heterocycles. The predicted molar refractivity (Wildman–Crippen MR) is 118 cm³/mol. The van der Waals surface area contributed by atoms with Crippen LogP contribution in [-0.4, -0.2) is 17.6 Å². The normalized spacial score (nSPS) is 16.6. The quantitative estimate of drug-likeness (QED) is 0.447. The number of halogens is 1. The van der Waals surface area contributed by atoms with Gasteiger partial charge in [0.25, 0.3) is 5.91 Å². The number of para-hydroxylation sites is 1. The number of fused-ring (bicyclic) bond motifs is 3. The van der Waals surface area contributed by atoms with Crippen LogP contribution in [0.15, 0.2) is 75.9 Å². The van der Waals surface area contributed by atoms with E-state index in [1.165, 1.54) is 0 Å². The third-order valence-corrected chi connectivity index (χ3v) is 6.06. The largest absolute Gasteiger partial charge is 0.454 e. The van der Waals surface area contributed by atoms with E-state index in [4.69, 9.17) is 25.5 Å². The molecule has 158 valence electrons. The lowest BCUT2D eigenvalue weighted by molar-refractivity contribution is 0.0714. The molecular formula is C25H16ClNO5. The molecule has 6 rings (SSSR count). The summed E-state index contributed by atoms with van der Waals surface area (Å²) in [6.45, 7) is 0.426. The average Bonchev–Trinajstić information content (AvgIpc) is 3.37. The lowest BCUT2D eigenvalue weighted by atomic mass is 9.98. The van der Waals surface area contributed by atoms with Crippen molar-refractivity contribution >= 4 is 28.5 Å². The molecule has 0 bridgehead atoms. The summed E-state index contributed by atoms with van der Waals surface area (Å²) in [6.07, 6.45) is 0. The summed E-state index contributed by atoms with van der Waals surface area (Å²) >= 11 is 6.26. The molecule has 4 aromatic rings. The molecule has 1 atom stereocenters. The molecule has 0 saturated carbocycles. The maximum atomic E-state index is 13.5. The molecule has 32 heavy (non-hydrogen) atoms. The summed E-state index contributed by atoms with van der Waals surface area (Å²) in [5.74, 6) is 1.02. The van der Waals surface area contributed by atoms with Crippen molar-refractivity contribution in [3.05, 3.63) is 104 Å². The molecule has 0 saturated heterocycles. The summed E-state index contributed by atoms with van der Waals surface area (Å²) in [6, 6.07) is 19.1. The molecule has 0 radical (unpaired) electrons. The first-order valence-corrected chi connectivity index (χ1v) is 10.5. The Morgan fingerprint density at radius 3 is 2.66 bits per heavy atom. The molecule has 0 spiro atoms. The zero-order valence-electron chi connectivity index (χ0n) is 16.7. The first-order chi connectivity index (χ1) is 15.6. The van der Waals surface area contributed by atoms with Crippen molar-refractivity contribution in [1.29, 1.82) is 0 Å². The fourth-order valence-electron chi connectivity index (χ4n) is 4.39. The highest BCUT2D eigenvalue weighted by Gasteiger charge is 2.42. The minimum atomic E-state index is -0.623. The van der Waals surface area contributed by atoms with Gasteiger partial charge in [-0.2, -0.15) is 0 Å². The fraction of sp³-hybridized carbons (Fsp3) is 0.120. The molecule has 6 nitrogen and oxygen atoms in total. The maximum Gasteiger partial charge on any atom is 0.291 e. The smallest absolute Gasteiger partial charge is 0.291 e. The van der Waals surface area contributed by atoms with Crippen LogP contribution in [0.2, 0.25) is 5.02 Å². The molecule has 1 unspecified atom stereocenters. The van der Waals surface area contributed by atoms with Gasteiger partial charge in [0.1, 0.15) is 5.58 Å². The minimum Gasteiger partial charge on any atom is -0.454 e. The van der Waals surface area contributed by atoms with Crippen molar-refractivity contribution < 1.29 is 18.7 Å². The predicted octanol–water partition coefficient (Wildman–Crippen LogP) is 4.92. The number of nitrogens with zero attached hydrogens (tertiary/aromatic N) is 1. The van der Waals surface area contributed by atoms with Crippen LogP contribution in [0.4, 0.5) is 0 Å². The second-order valence-electron chi connectivity index (χ2n) is 7.75. The number of benzene rings is 3. The van der Waals surface area contributed by atoms with E-state index in [1.807, 2.05) is 30.3 Å². The molecule has 0 N–H and O–H groups in total. The monoisotopic (exact) mass is 445 g/mol. The van der Waals surface area contributed by atoms with Crippen LogP contribution in [0, 0.1) is 0 Å². The van der Waals surface area contributed by atoms with Gasteiger partial charge < -0.3 is 18.8 Å². The molecule has 7 heteroatoms. The Labute approximate surface area is 187 Å². The van der Waals surface area contributed by atoms with E-state index in [2.05, 4.69) is 0 Å². The van der Waals surface area contributed by atoms with Crippen molar-refractivity contribution in [3.63, 3.8) is 0 Å². The molecule has 0 fully saturated rings. The average molecular weight is 446 g/mol. The van der Waals surface area contributed by atoms with Gasteiger partial charge in [-0.05, 0) is 47.5 Å². The van der Waals surface area contributed by atoms with Gasteiger partial charge in [-0.15, -0.1) is 0 Å². The Balaban J connectivity index is 1.52. The zero-order valence-corrected chi connectivity index (χ0v) is 17.5. The minimum absolute atomic E-state index is 0.0689. The standard InChI is InChI=1S/C25H16ClNO5/c26-16-5-3-4-15(11-16)22-21-23(28)17-6-1-2-7-18(17)32-24(21)25(29)27(22)12-14-8-9-19-20(10-14)31-13-30-19/h1-11,22H,12-13H2. The van der Waals surface area contributed by atoms with Gasteiger partial charge in [-0.3, -0.25) is 9.59 Å². The number of carbonyl (C=O) groups is 1. The number of ether oxygens (including phenoxy) is 2. The van der Waals surface area contributed by atoms with E-state index in [0.717, 1.165) is 11.1 Å². The van der Waals surface area contributed by atoms with Gasteiger partial charge in [-0.1, -0.05) is 41.9 Å². The van der Waals surface area contributed by atoms with E-state index >= 15 is 0 Å². The maximum absolute atomic E-state index is 13.5. The van der Waals surface area contributed by atoms with Crippen molar-refractivity contribution in [3.8, 4) is 11.5 Å². The van der Waals surface area contributed by atoms with Crippen LogP contribution in [0.5, 0.6) is 11.5 Å². The van der Waals surface area contributed by atoms with Crippen LogP contribution in [0.25, 0.3) is 11.0 Å². The van der Waals surface area contributed by atoms with Gasteiger partial charge in [0, 0.05) is 11.6 Å². The van der Waals surface area contributed by atoms with Crippen molar-refractivity contribution in [2.45, 2.75) is 12.6 Å². The van der Waals surface area contributed by atoms with Gasteiger partial charge >= 0.3 is 0 Å². The molecular weight excluding hydrogens is 430 g/mol. The van der Waals surface area contributed by atoms with Gasteiger partial charge in [0.05, 0.1) is 17.0 Å². The molecule has 1 aromatic heterocycles. The number of rotatable bonds is 3. The third-order valence-electron chi connectivity index (χ3n) is 5.83. The molecule has 1 amide bonds. The number of carbonyl (C=O) groups excluding carboxylic acids is 1. The Kier molecular flexibility index (Phi) is 4.23. The first-order valence-electron chi connectivity index (χ1n) is 10.1. The summed E-state index contributed by atoms with van der Waals surface area (Å²) < 4.78 is 16.8. The van der Waals surface area contributed by atoms with E-state index in [9.17, 15) is 9.59 Å². The topological polar surface area (TPSA) is 69.0 Å². The summed E-state index contributed by atoms with van der Waals surface area (Å²) in [7, 11) is 0. The van der Waals surface area contributed by atoms with Crippen molar-refractivity contribution in [2.75, 3.05) is 6.79 Å². The second-order valence-corrected chi connectivity index (χ2v) is 8.18. The number of hydrogen-bond donors (Lipinski definition) is 0. The van der Waals surface area contributed by atoms with Gasteiger partial charge in [0.15, 0.2) is 16.9 Å². The number of hydrogen-bond acceptors (Lipinski definition) is 5. The van der Waals surface area contributed by atoms with Crippen LogP contribution in [0.3, 0.4) is 0 Å². The lowest BCUT2D eigenvalue weighted by Gasteiger charge is -2.25. The Hall–Kier alpha value is -3.77. The Morgan fingerprint density at radius 1 is 0.938 bits per heavy atom.